The van der Waals surface area contributed by atoms with E-state index >= 15 is 0 Å². The SMILES string of the molecule is CSC[C@H](C)C(=O)N1CCC(CCN2C[C@@H](C)O[C@@H](C)C2)CC1. The van der Waals surface area contributed by atoms with Crippen molar-refractivity contribution in [2.75, 3.05) is 44.7 Å². The molecule has 0 aliphatic carbocycles. The molecule has 23 heavy (non-hydrogen) atoms. The number of rotatable bonds is 6. The van der Waals surface area contributed by atoms with Gasteiger partial charge in [-0.1, -0.05) is 6.92 Å². The minimum Gasteiger partial charge on any atom is -0.373 e. The van der Waals surface area contributed by atoms with E-state index in [9.17, 15) is 4.79 Å². The number of carbonyl (C=O) groups is 1. The second-order valence-corrected chi connectivity index (χ2v) is 8.34. The Kier molecular flexibility index (Phi) is 7.70. The zero-order valence-electron chi connectivity index (χ0n) is 15.3. The summed E-state index contributed by atoms with van der Waals surface area (Å²) in [5, 5.41) is 0. The molecule has 1 amide bonds. The van der Waals surface area contributed by atoms with Crippen LogP contribution in [0.5, 0.6) is 0 Å². The monoisotopic (exact) mass is 342 g/mol. The third-order valence-electron chi connectivity index (χ3n) is 5.11. The molecule has 4 nitrogen and oxygen atoms in total. The van der Waals surface area contributed by atoms with E-state index in [4.69, 9.17) is 4.74 Å². The van der Waals surface area contributed by atoms with Gasteiger partial charge >= 0.3 is 0 Å². The quantitative estimate of drug-likeness (QED) is 0.743. The first kappa shape index (κ1) is 19.1. The number of amides is 1. The van der Waals surface area contributed by atoms with E-state index in [1.54, 1.807) is 11.8 Å². The number of hydrogen-bond acceptors (Lipinski definition) is 4. The molecule has 0 aromatic rings. The fraction of sp³-hybridized carbons (Fsp3) is 0.944. The van der Waals surface area contributed by atoms with Crippen molar-refractivity contribution >= 4 is 17.7 Å². The molecular weight excluding hydrogens is 308 g/mol. The van der Waals surface area contributed by atoms with Gasteiger partial charge in [0, 0.05) is 37.8 Å². The molecule has 3 atom stereocenters. The highest BCUT2D eigenvalue weighted by Gasteiger charge is 2.27. The Morgan fingerprint density at radius 1 is 1.22 bits per heavy atom. The van der Waals surface area contributed by atoms with Gasteiger partial charge in [0.25, 0.3) is 0 Å². The lowest BCUT2D eigenvalue weighted by molar-refractivity contribution is -0.135. The van der Waals surface area contributed by atoms with Crippen molar-refractivity contribution in [2.24, 2.45) is 11.8 Å². The number of morpholine rings is 1. The zero-order valence-corrected chi connectivity index (χ0v) is 16.1. The van der Waals surface area contributed by atoms with Crippen LogP contribution in [0.1, 0.15) is 40.0 Å². The summed E-state index contributed by atoms with van der Waals surface area (Å²) in [5.41, 5.74) is 0. The molecule has 2 heterocycles. The van der Waals surface area contributed by atoms with Crippen LogP contribution < -0.4 is 0 Å². The van der Waals surface area contributed by atoms with Crippen molar-refractivity contribution in [1.82, 2.24) is 9.80 Å². The second kappa shape index (κ2) is 9.28. The molecule has 134 valence electrons. The van der Waals surface area contributed by atoms with E-state index in [2.05, 4.69) is 36.8 Å². The lowest BCUT2D eigenvalue weighted by Crippen LogP contribution is -2.46. The van der Waals surface area contributed by atoms with E-state index in [-0.39, 0.29) is 5.92 Å². The largest absolute Gasteiger partial charge is 0.373 e. The van der Waals surface area contributed by atoms with Crippen molar-refractivity contribution in [3.8, 4) is 0 Å². The Bertz CT molecular complexity index is 362. The van der Waals surface area contributed by atoms with Crippen LogP contribution in [-0.2, 0) is 9.53 Å². The third-order valence-corrected chi connectivity index (χ3v) is 5.95. The summed E-state index contributed by atoms with van der Waals surface area (Å²) in [6.07, 6.45) is 6.40. The minimum absolute atomic E-state index is 0.165. The molecule has 2 fully saturated rings. The number of hydrogen-bond donors (Lipinski definition) is 0. The molecule has 0 bridgehead atoms. The molecule has 2 rings (SSSR count). The summed E-state index contributed by atoms with van der Waals surface area (Å²) in [6, 6.07) is 0. The maximum atomic E-state index is 12.4. The summed E-state index contributed by atoms with van der Waals surface area (Å²) in [6.45, 7) is 11.6. The van der Waals surface area contributed by atoms with E-state index in [1.807, 2.05) is 0 Å². The van der Waals surface area contributed by atoms with Gasteiger partial charge in [0.2, 0.25) is 5.91 Å². The minimum atomic E-state index is 0.165. The van der Waals surface area contributed by atoms with Crippen LogP contribution in [0.15, 0.2) is 0 Å². The molecule has 0 unspecified atom stereocenters. The third kappa shape index (κ3) is 5.95. The summed E-state index contributed by atoms with van der Waals surface area (Å²) in [4.78, 5) is 17.0. The van der Waals surface area contributed by atoms with Crippen LogP contribution in [-0.4, -0.2) is 72.6 Å². The van der Waals surface area contributed by atoms with Crippen LogP contribution in [0, 0.1) is 11.8 Å². The van der Waals surface area contributed by atoms with Crippen molar-refractivity contribution < 1.29 is 9.53 Å². The average Bonchev–Trinajstić information content (AvgIpc) is 2.52. The Morgan fingerprint density at radius 3 is 2.39 bits per heavy atom. The lowest BCUT2D eigenvalue weighted by Gasteiger charge is -2.37. The highest BCUT2D eigenvalue weighted by Crippen LogP contribution is 2.23. The smallest absolute Gasteiger partial charge is 0.226 e. The van der Waals surface area contributed by atoms with Crippen molar-refractivity contribution in [1.29, 1.82) is 0 Å². The Balaban J connectivity index is 1.67. The number of carbonyl (C=O) groups excluding carboxylic acids is 1. The van der Waals surface area contributed by atoms with Gasteiger partial charge < -0.3 is 9.64 Å². The van der Waals surface area contributed by atoms with E-state index in [0.29, 0.717) is 18.1 Å². The molecule has 0 N–H and O–H groups in total. The molecule has 2 saturated heterocycles. The van der Waals surface area contributed by atoms with Crippen molar-refractivity contribution in [2.45, 2.75) is 52.2 Å². The molecule has 0 spiro atoms. The molecule has 5 heteroatoms. The fourth-order valence-electron chi connectivity index (χ4n) is 3.91. The number of likely N-dealkylation sites (tertiary alicyclic amines) is 1. The summed E-state index contributed by atoms with van der Waals surface area (Å²) < 4.78 is 5.80. The van der Waals surface area contributed by atoms with E-state index in [0.717, 1.165) is 37.8 Å². The van der Waals surface area contributed by atoms with Gasteiger partial charge in [0.15, 0.2) is 0 Å². The van der Waals surface area contributed by atoms with Gasteiger partial charge in [-0.05, 0) is 51.8 Å². The first-order valence-corrected chi connectivity index (χ1v) is 10.5. The molecule has 0 aromatic heterocycles. The molecule has 2 aliphatic rings. The van der Waals surface area contributed by atoms with E-state index in [1.165, 1.54) is 25.8 Å². The number of ether oxygens (including phenoxy) is 1. The predicted octanol–water partition coefficient (Wildman–Crippen LogP) is 2.72. The number of thioether (sulfide) groups is 1. The van der Waals surface area contributed by atoms with Crippen LogP contribution in [0.3, 0.4) is 0 Å². The van der Waals surface area contributed by atoms with Crippen molar-refractivity contribution in [3.05, 3.63) is 0 Å². The normalized spacial score (nSPS) is 28.8. The number of nitrogens with zero attached hydrogens (tertiary/aromatic N) is 2. The first-order chi connectivity index (χ1) is 11.0. The van der Waals surface area contributed by atoms with Gasteiger partial charge in [-0.15, -0.1) is 0 Å². The second-order valence-electron chi connectivity index (χ2n) is 7.43. The Hall–Kier alpha value is -0.260. The molecular formula is C18H34N2O2S. The van der Waals surface area contributed by atoms with Crippen LogP contribution in [0.2, 0.25) is 0 Å². The first-order valence-electron chi connectivity index (χ1n) is 9.15. The highest BCUT2D eigenvalue weighted by molar-refractivity contribution is 7.98. The van der Waals surface area contributed by atoms with Crippen LogP contribution in [0.25, 0.3) is 0 Å². The maximum absolute atomic E-state index is 12.4. The Morgan fingerprint density at radius 2 is 1.83 bits per heavy atom. The number of piperidine rings is 1. The van der Waals surface area contributed by atoms with Gasteiger partial charge in [-0.3, -0.25) is 9.69 Å². The average molecular weight is 343 g/mol. The predicted molar refractivity (Wildman–Crippen MR) is 97.9 cm³/mol. The molecule has 0 radical (unpaired) electrons. The summed E-state index contributed by atoms with van der Waals surface area (Å²) in [5.74, 6) is 2.24. The standard InChI is InChI=1S/C18H34N2O2S/c1-14(13-23-4)18(21)20-9-6-17(7-10-20)5-8-19-11-15(2)22-16(3)12-19/h14-17H,5-13H2,1-4H3/t14-,15-,16+/m0/s1. The maximum Gasteiger partial charge on any atom is 0.226 e. The van der Waals surface area contributed by atoms with Gasteiger partial charge in [0.05, 0.1) is 12.2 Å². The summed E-state index contributed by atoms with van der Waals surface area (Å²) >= 11 is 1.76. The molecule has 0 saturated carbocycles. The molecule has 2 aliphatic heterocycles. The lowest BCUT2D eigenvalue weighted by atomic mass is 9.92. The van der Waals surface area contributed by atoms with Gasteiger partial charge in [-0.25, -0.2) is 0 Å². The van der Waals surface area contributed by atoms with Crippen molar-refractivity contribution in [3.63, 3.8) is 0 Å². The Labute approximate surface area is 146 Å². The highest BCUT2D eigenvalue weighted by atomic mass is 32.2. The van der Waals surface area contributed by atoms with Crippen LogP contribution in [0.4, 0.5) is 0 Å². The van der Waals surface area contributed by atoms with Gasteiger partial charge in [-0.2, -0.15) is 11.8 Å². The van der Waals surface area contributed by atoms with E-state index < -0.39 is 0 Å². The molecule has 0 aromatic carbocycles. The van der Waals surface area contributed by atoms with Gasteiger partial charge in [0.1, 0.15) is 0 Å². The summed E-state index contributed by atoms with van der Waals surface area (Å²) in [7, 11) is 0. The zero-order chi connectivity index (χ0) is 16.8. The van der Waals surface area contributed by atoms with Crippen LogP contribution >= 0.6 is 11.8 Å². The topological polar surface area (TPSA) is 32.8 Å². The fourth-order valence-corrected chi connectivity index (χ4v) is 4.55.